The van der Waals surface area contributed by atoms with Crippen molar-refractivity contribution in [2.75, 3.05) is 6.61 Å². The van der Waals surface area contributed by atoms with Crippen LogP contribution >= 0.6 is 0 Å². The number of allylic oxidation sites excluding steroid dienone is 1. The number of fused-ring (bicyclic) bond motifs is 1. The number of ether oxygens (including phenoxy) is 1. The van der Waals surface area contributed by atoms with Crippen molar-refractivity contribution in [2.24, 2.45) is 17.8 Å². The summed E-state index contributed by atoms with van der Waals surface area (Å²) in [4.78, 5) is 0. The molecule has 2 aromatic carbocycles. The lowest BCUT2D eigenvalue weighted by Crippen LogP contribution is -2.18. The minimum absolute atomic E-state index is 0.0141. The van der Waals surface area contributed by atoms with E-state index in [0.29, 0.717) is 12.5 Å². The Labute approximate surface area is 200 Å². The Morgan fingerprint density at radius 2 is 1.48 bits per heavy atom. The van der Waals surface area contributed by atoms with Crippen molar-refractivity contribution < 1.29 is 9.13 Å². The summed E-state index contributed by atoms with van der Waals surface area (Å²) in [6, 6.07) is 9.86. The molecule has 0 amide bonds. The molecule has 4 rings (SSSR count). The smallest absolute Gasteiger partial charge is 0.134 e. The van der Waals surface area contributed by atoms with Gasteiger partial charge in [-0.3, -0.25) is 0 Å². The van der Waals surface area contributed by atoms with E-state index >= 15 is 4.39 Å². The highest BCUT2D eigenvalue weighted by Crippen LogP contribution is 2.41. The second-order valence-corrected chi connectivity index (χ2v) is 10.7. The third-order valence-electron chi connectivity index (χ3n) is 8.47. The van der Waals surface area contributed by atoms with Crippen LogP contribution in [0, 0.1) is 23.6 Å². The van der Waals surface area contributed by atoms with Crippen LogP contribution in [0.5, 0.6) is 5.75 Å². The third-order valence-corrected chi connectivity index (χ3v) is 8.47. The maximum atomic E-state index is 15.4. The Kier molecular flexibility index (Phi) is 8.87. The van der Waals surface area contributed by atoms with E-state index in [0.717, 1.165) is 52.7 Å². The first-order valence-corrected chi connectivity index (χ1v) is 13.6. The van der Waals surface area contributed by atoms with Gasteiger partial charge >= 0.3 is 0 Å². The van der Waals surface area contributed by atoms with Gasteiger partial charge in [-0.15, -0.1) is 0 Å². The monoisotopic (exact) mass is 450 g/mol. The number of hydrogen-bond acceptors (Lipinski definition) is 1. The van der Waals surface area contributed by atoms with Crippen molar-refractivity contribution in [3.63, 3.8) is 0 Å². The van der Waals surface area contributed by atoms with Gasteiger partial charge in [-0.05, 0) is 85.4 Å². The lowest BCUT2D eigenvalue weighted by molar-refractivity contribution is 0.223. The predicted octanol–water partition coefficient (Wildman–Crippen LogP) is 9.59. The lowest BCUT2D eigenvalue weighted by atomic mass is 9.74. The molecule has 2 saturated carbocycles. The summed E-state index contributed by atoms with van der Waals surface area (Å²) in [5, 5.41) is 1.66. The highest BCUT2D eigenvalue weighted by atomic mass is 19.1. The molecule has 0 N–H and O–H groups in total. The second-order valence-electron chi connectivity index (χ2n) is 10.7. The average Bonchev–Trinajstić information content (AvgIpc) is 2.85. The van der Waals surface area contributed by atoms with Gasteiger partial charge < -0.3 is 4.74 Å². The van der Waals surface area contributed by atoms with E-state index in [4.69, 9.17) is 4.74 Å². The molecule has 0 heterocycles. The zero-order valence-corrected chi connectivity index (χ0v) is 20.8. The van der Waals surface area contributed by atoms with Crippen molar-refractivity contribution in [3.05, 3.63) is 53.9 Å². The summed E-state index contributed by atoms with van der Waals surface area (Å²) in [7, 11) is 0. The van der Waals surface area contributed by atoms with Crippen molar-refractivity contribution in [1.82, 2.24) is 0 Å². The first kappa shape index (κ1) is 24.3. The molecule has 2 fully saturated rings. The Hall–Kier alpha value is -1.83. The summed E-state index contributed by atoms with van der Waals surface area (Å²) >= 11 is 0. The molecular formula is C31H43FO. The van der Waals surface area contributed by atoms with Gasteiger partial charge in [0.25, 0.3) is 0 Å². The molecule has 33 heavy (non-hydrogen) atoms. The van der Waals surface area contributed by atoms with Crippen LogP contribution in [-0.2, 0) is 0 Å². The Bertz CT molecular complexity index is 901. The number of benzene rings is 2. The molecule has 0 aromatic heterocycles. The average molecular weight is 451 g/mol. The largest absolute Gasteiger partial charge is 0.490 e. The summed E-state index contributed by atoms with van der Waals surface area (Å²) in [6.07, 6.45) is 20.2. The van der Waals surface area contributed by atoms with Crippen LogP contribution in [0.4, 0.5) is 4.39 Å². The fourth-order valence-corrected chi connectivity index (χ4v) is 6.38. The van der Waals surface area contributed by atoms with Gasteiger partial charge in [-0.25, -0.2) is 4.39 Å². The van der Waals surface area contributed by atoms with E-state index in [1.165, 1.54) is 64.2 Å². The normalized spacial score (nSPS) is 26.2. The number of hydrogen-bond donors (Lipinski definition) is 0. The molecule has 0 saturated heterocycles. The predicted molar refractivity (Wildman–Crippen MR) is 139 cm³/mol. The molecule has 2 aromatic rings. The second kappa shape index (κ2) is 12.0. The van der Waals surface area contributed by atoms with Crippen LogP contribution in [0.25, 0.3) is 10.8 Å². The van der Waals surface area contributed by atoms with E-state index in [-0.39, 0.29) is 5.82 Å². The minimum Gasteiger partial charge on any atom is -0.490 e. The van der Waals surface area contributed by atoms with Crippen LogP contribution < -0.4 is 4.74 Å². The molecule has 0 radical (unpaired) electrons. The highest BCUT2D eigenvalue weighted by molar-refractivity contribution is 5.85. The zero-order valence-electron chi connectivity index (χ0n) is 20.8. The maximum absolute atomic E-state index is 15.4. The van der Waals surface area contributed by atoms with Gasteiger partial charge in [0.1, 0.15) is 18.2 Å². The third kappa shape index (κ3) is 6.40. The van der Waals surface area contributed by atoms with Crippen molar-refractivity contribution in [1.29, 1.82) is 0 Å². The SMILES string of the molecule is CC=CCOc1ccc2c(F)c(C3CCC(CCC4CCC(CCC)CC4)CC3)ccc2c1. The van der Waals surface area contributed by atoms with Gasteiger partial charge in [0, 0.05) is 5.39 Å². The summed E-state index contributed by atoms with van der Waals surface area (Å²) in [5.41, 5.74) is 0.929. The van der Waals surface area contributed by atoms with Gasteiger partial charge in [0.05, 0.1) is 0 Å². The van der Waals surface area contributed by atoms with E-state index in [9.17, 15) is 0 Å². The van der Waals surface area contributed by atoms with Crippen LogP contribution in [-0.4, -0.2) is 6.61 Å². The number of rotatable bonds is 9. The first-order valence-electron chi connectivity index (χ1n) is 13.6. The van der Waals surface area contributed by atoms with E-state index in [1.807, 2.05) is 43.3 Å². The lowest BCUT2D eigenvalue weighted by Gasteiger charge is -2.32. The molecule has 0 bridgehead atoms. The molecule has 0 unspecified atom stereocenters. The van der Waals surface area contributed by atoms with E-state index in [1.54, 1.807) is 0 Å². The quantitative estimate of drug-likeness (QED) is 0.345. The molecule has 2 aliphatic rings. The van der Waals surface area contributed by atoms with Crippen LogP contribution in [0.15, 0.2) is 42.5 Å². The summed E-state index contributed by atoms with van der Waals surface area (Å²) in [5.74, 6) is 4.00. The minimum atomic E-state index is -0.0141. The van der Waals surface area contributed by atoms with Crippen molar-refractivity contribution in [3.8, 4) is 5.75 Å². The fraction of sp³-hybridized carbons (Fsp3) is 0.613. The zero-order chi connectivity index (χ0) is 23.0. The Morgan fingerprint density at radius 1 is 0.848 bits per heavy atom. The van der Waals surface area contributed by atoms with E-state index < -0.39 is 0 Å². The van der Waals surface area contributed by atoms with Crippen molar-refractivity contribution in [2.45, 2.75) is 96.8 Å². The van der Waals surface area contributed by atoms with E-state index in [2.05, 4.69) is 13.0 Å². The molecule has 0 spiro atoms. The molecule has 0 aliphatic heterocycles. The first-order chi connectivity index (χ1) is 16.2. The van der Waals surface area contributed by atoms with Crippen LogP contribution in [0.1, 0.15) is 102 Å². The highest BCUT2D eigenvalue weighted by Gasteiger charge is 2.27. The number of halogens is 1. The Morgan fingerprint density at radius 3 is 2.12 bits per heavy atom. The van der Waals surface area contributed by atoms with Gasteiger partial charge in [0.2, 0.25) is 0 Å². The molecule has 2 aliphatic carbocycles. The fourth-order valence-electron chi connectivity index (χ4n) is 6.38. The topological polar surface area (TPSA) is 9.23 Å². The molecule has 1 nitrogen and oxygen atoms in total. The summed E-state index contributed by atoms with van der Waals surface area (Å²) < 4.78 is 21.1. The van der Waals surface area contributed by atoms with Crippen molar-refractivity contribution >= 4 is 10.8 Å². The Balaban J connectivity index is 1.28. The molecular weight excluding hydrogens is 407 g/mol. The van der Waals surface area contributed by atoms with Crippen LogP contribution in [0.3, 0.4) is 0 Å². The van der Waals surface area contributed by atoms with Gasteiger partial charge in [-0.2, -0.15) is 0 Å². The molecule has 2 heteroatoms. The standard InChI is InChI=1S/C31H43FO/c1-3-5-21-33-28-18-20-30-27(22-28)17-19-29(31(30)32)26-15-13-25(14-16-26)12-11-24-9-7-23(6-4-2)8-10-24/h3,5,17-20,22-26H,4,6-16,21H2,1-2H3. The summed E-state index contributed by atoms with van der Waals surface area (Å²) in [6.45, 7) is 4.85. The van der Waals surface area contributed by atoms with Gasteiger partial charge in [-0.1, -0.05) is 82.6 Å². The van der Waals surface area contributed by atoms with Crippen LogP contribution in [0.2, 0.25) is 0 Å². The maximum Gasteiger partial charge on any atom is 0.134 e. The van der Waals surface area contributed by atoms with Gasteiger partial charge in [0.15, 0.2) is 0 Å². The molecule has 0 atom stereocenters. The molecule has 180 valence electrons.